The Bertz CT molecular complexity index is 486. The van der Waals surface area contributed by atoms with E-state index in [0.29, 0.717) is 6.54 Å². The SMILES string of the molecule is O=C([C@H]1CCCN1c1nccs1)N1CCO[C@H](C(F)F)C1. The highest BCUT2D eigenvalue weighted by atomic mass is 32.1. The van der Waals surface area contributed by atoms with E-state index in [1.54, 1.807) is 6.20 Å². The van der Waals surface area contributed by atoms with Gasteiger partial charge in [0.15, 0.2) is 5.13 Å². The number of thiazole rings is 1. The minimum atomic E-state index is -2.56. The molecule has 21 heavy (non-hydrogen) atoms. The summed E-state index contributed by atoms with van der Waals surface area (Å²) in [6, 6.07) is -0.285. The lowest BCUT2D eigenvalue weighted by atomic mass is 10.1. The number of carbonyl (C=O) groups excluding carboxylic acids is 1. The van der Waals surface area contributed by atoms with Crippen LogP contribution in [0.15, 0.2) is 11.6 Å². The van der Waals surface area contributed by atoms with Crippen molar-refractivity contribution < 1.29 is 18.3 Å². The molecule has 2 aliphatic heterocycles. The van der Waals surface area contributed by atoms with Crippen LogP contribution >= 0.6 is 11.3 Å². The first-order chi connectivity index (χ1) is 10.2. The molecule has 0 radical (unpaired) electrons. The van der Waals surface area contributed by atoms with Gasteiger partial charge in [-0.1, -0.05) is 0 Å². The van der Waals surface area contributed by atoms with Gasteiger partial charge < -0.3 is 14.5 Å². The number of halogens is 2. The van der Waals surface area contributed by atoms with E-state index in [-0.39, 0.29) is 25.1 Å². The van der Waals surface area contributed by atoms with Gasteiger partial charge in [0, 0.05) is 24.7 Å². The molecule has 0 unspecified atom stereocenters. The standard InChI is InChI=1S/C13H17F2N3O2S/c14-11(15)10-8-17(5-6-20-10)12(19)9-2-1-4-18(9)13-16-3-7-21-13/h3,7,9-11H,1-2,4-6,8H2/t9-,10+/m1/s1. The van der Waals surface area contributed by atoms with E-state index in [0.717, 1.165) is 24.5 Å². The summed E-state index contributed by atoms with van der Waals surface area (Å²) in [5.74, 6) is -0.0864. The van der Waals surface area contributed by atoms with Gasteiger partial charge >= 0.3 is 0 Å². The number of hydrogen-bond acceptors (Lipinski definition) is 5. The summed E-state index contributed by atoms with van der Waals surface area (Å²) in [5.41, 5.74) is 0. The topological polar surface area (TPSA) is 45.7 Å². The van der Waals surface area contributed by atoms with Gasteiger partial charge in [-0.3, -0.25) is 4.79 Å². The molecule has 0 aliphatic carbocycles. The molecule has 2 fully saturated rings. The van der Waals surface area contributed by atoms with E-state index >= 15 is 0 Å². The molecule has 0 aromatic carbocycles. The molecular formula is C13H17F2N3O2S. The predicted octanol–water partition coefficient (Wildman–Crippen LogP) is 1.60. The third kappa shape index (κ3) is 3.01. The van der Waals surface area contributed by atoms with Crippen molar-refractivity contribution in [2.45, 2.75) is 31.4 Å². The zero-order valence-electron chi connectivity index (χ0n) is 11.5. The third-order valence-electron chi connectivity index (χ3n) is 3.89. The number of carbonyl (C=O) groups is 1. The van der Waals surface area contributed by atoms with Crippen molar-refractivity contribution >= 4 is 22.4 Å². The van der Waals surface area contributed by atoms with Crippen LogP contribution in [0.25, 0.3) is 0 Å². The Morgan fingerprint density at radius 2 is 2.33 bits per heavy atom. The molecule has 1 aromatic heterocycles. The van der Waals surface area contributed by atoms with Gasteiger partial charge in [0.2, 0.25) is 5.91 Å². The Labute approximate surface area is 125 Å². The van der Waals surface area contributed by atoms with Crippen LogP contribution in [0.5, 0.6) is 0 Å². The van der Waals surface area contributed by atoms with Crippen LogP contribution in [0.1, 0.15) is 12.8 Å². The lowest BCUT2D eigenvalue weighted by Gasteiger charge is -2.35. The Kier molecular flexibility index (Phi) is 4.34. The van der Waals surface area contributed by atoms with Crippen LogP contribution in [0.2, 0.25) is 0 Å². The second kappa shape index (κ2) is 6.23. The van der Waals surface area contributed by atoms with Crippen molar-refractivity contribution in [3.63, 3.8) is 0 Å². The van der Waals surface area contributed by atoms with Crippen molar-refractivity contribution in [1.82, 2.24) is 9.88 Å². The number of ether oxygens (including phenoxy) is 1. The molecule has 8 heteroatoms. The molecule has 2 atom stereocenters. The highest BCUT2D eigenvalue weighted by Gasteiger charge is 2.38. The molecule has 3 rings (SSSR count). The molecule has 2 aliphatic rings. The maximum atomic E-state index is 12.8. The second-order valence-electron chi connectivity index (χ2n) is 5.19. The molecule has 2 saturated heterocycles. The van der Waals surface area contributed by atoms with Crippen LogP contribution in [-0.4, -0.2) is 60.6 Å². The summed E-state index contributed by atoms with van der Waals surface area (Å²) in [6.45, 7) is 1.31. The Morgan fingerprint density at radius 3 is 3.05 bits per heavy atom. The Hall–Kier alpha value is -1.28. The van der Waals surface area contributed by atoms with Crippen LogP contribution in [0.3, 0.4) is 0 Å². The number of anilines is 1. The Morgan fingerprint density at radius 1 is 1.48 bits per heavy atom. The van der Waals surface area contributed by atoms with Crippen molar-refractivity contribution in [3.8, 4) is 0 Å². The van der Waals surface area contributed by atoms with Gasteiger partial charge in [0.25, 0.3) is 6.43 Å². The summed E-state index contributed by atoms with van der Waals surface area (Å²) in [7, 11) is 0. The predicted molar refractivity (Wildman–Crippen MR) is 74.8 cm³/mol. The first-order valence-electron chi connectivity index (χ1n) is 7.01. The molecule has 0 N–H and O–H groups in total. The van der Waals surface area contributed by atoms with E-state index in [4.69, 9.17) is 4.74 Å². The van der Waals surface area contributed by atoms with Gasteiger partial charge in [0.05, 0.1) is 13.2 Å². The van der Waals surface area contributed by atoms with Crippen molar-refractivity contribution in [3.05, 3.63) is 11.6 Å². The maximum Gasteiger partial charge on any atom is 0.266 e. The zero-order valence-corrected chi connectivity index (χ0v) is 12.3. The third-order valence-corrected chi connectivity index (χ3v) is 4.70. The van der Waals surface area contributed by atoms with Gasteiger partial charge in [-0.05, 0) is 12.8 Å². The fourth-order valence-electron chi connectivity index (χ4n) is 2.85. The van der Waals surface area contributed by atoms with Gasteiger partial charge in [-0.2, -0.15) is 0 Å². The molecule has 0 spiro atoms. The van der Waals surface area contributed by atoms with Gasteiger partial charge in [0.1, 0.15) is 12.1 Å². The molecule has 1 amide bonds. The first kappa shape index (κ1) is 14.6. The normalized spacial score (nSPS) is 26.6. The molecular weight excluding hydrogens is 300 g/mol. The maximum absolute atomic E-state index is 12.8. The van der Waals surface area contributed by atoms with Crippen LogP contribution in [0.4, 0.5) is 13.9 Å². The van der Waals surface area contributed by atoms with E-state index in [9.17, 15) is 13.6 Å². The van der Waals surface area contributed by atoms with Crippen LogP contribution < -0.4 is 4.90 Å². The van der Waals surface area contributed by atoms with E-state index in [1.807, 2.05) is 10.3 Å². The monoisotopic (exact) mass is 317 g/mol. The van der Waals surface area contributed by atoms with Gasteiger partial charge in [-0.25, -0.2) is 13.8 Å². The highest BCUT2D eigenvalue weighted by molar-refractivity contribution is 7.13. The number of nitrogens with zero attached hydrogens (tertiary/aromatic N) is 3. The Balaban J connectivity index is 1.69. The average molecular weight is 317 g/mol. The summed E-state index contributed by atoms with van der Waals surface area (Å²) < 4.78 is 30.5. The molecule has 116 valence electrons. The largest absolute Gasteiger partial charge is 0.369 e. The van der Waals surface area contributed by atoms with Crippen LogP contribution in [-0.2, 0) is 9.53 Å². The molecule has 0 saturated carbocycles. The molecule has 5 nitrogen and oxygen atoms in total. The van der Waals surface area contributed by atoms with Gasteiger partial charge in [-0.15, -0.1) is 11.3 Å². The molecule has 3 heterocycles. The first-order valence-corrected chi connectivity index (χ1v) is 7.89. The molecule has 0 bridgehead atoms. The summed E-state index contributed by atoms with van der Waals surface area (Å²) >= 11 is 1.49. The minimum absolute atomic E-state index is 0.0291. The second-order valence-corrected chi connectivity index (χ2v) is 6.07. The van der Waals surface area contributed by atoms with Crippen molar-refractivity contribution in [2.75, 3.05) is 31.1 Å². The number of alkyl halides is 2. The number of rotatable bonds is 3. The number of hydrogen-bond donors (Lipinski definition) is 0. The van der Waals surface area contributed by atoms with E-state index < -0.39 is 12.5 Å². The lowest BCUT2D eigenvalue weighted by Crippen LogP contribution is -2.53. The van der Waals surface area contributed by atoms with E-state index in [2.05, 4.69) is 4.98 Å². The van der Waals surface area contributed by atoms with Crippen molar-refractivity contribution in [1.29, 1.82) is 0 Å². The fraction of sp³-hybridized carbons (Fsp3) is 0.692. The lowest BCUT2D eigenvalue weighted by molar-refractivity contribution is -0.147. The minimum Gasteiger partial charge on any atom is -0.369 e. The summed E-state index contributed by atoms with van der Waals surface area (Å²) in [4.78, 5) is 20.4. The fourth-order valence-corrected chi connectivity index (χ4v) is 3.57. The smallest absolute Gasteiger partial charge is 0.266 e. The van der Waals surface area contributed by atoms with Crippen LogP contribution in [0, 0.1) is 0 Å². The number of amides is 1. The summed E-state index contributed by atoms with van der Waals surface area (Å²) in [5, 5.41) is 2.70. The number of aromatic nitrogens is 1. The summed E-state index contributed by atoms with van der Waals surface area (Å²) in [6.07, 6.45) is -0.355. The zero-order chi connectivity index (χ0) is 14.8. The van der Waals surface area contributed by atoms with E-state index in [1.165, 1.54) is 16.2 Å². The quantitative estimate of drug-likeness (QED) is 0.849. The highest BCUT2D eigenvalue weighted by Crippen LogP contribution is 2.28. The number of morpholine rings is 1. The molecule has 1 aromatic rings. The average Bonchev–Trinajstić information content (AvgIpc) is 3.17. The van der Waals surface area contributed by atoms with Crippen molar-refractivity contribution in [2.24, 2.45) is 0 Å².